The van der Waals surface area contributed by atoms with Crippen molar-refractivity contribution in [1.82, 2.24) is 10.6 Å². The van der Waals surface area contributed by atoms with E-state index in [1.54, 1.807) is 7.11 Å². The Balaban J connectivity index is 1.89. The minimum absolute atomic E-state index is 0.0176. The van der Waals surface area contributed by atoms with Crippen LogP contribution in [0.1, 0.15) is 24.9 Å². The molecule has 1 aliphatic heterocycles. The Morgan fingerprint density at radius 1 is 1.62 bits per heavy atom. The number of thioether (sulfide) groups is 1. The van der Waals surface area contributed by atoms with Crippen LogP contribution in [0.5, 0.6) is 5.75 Å². The highest BCUT2D eigenvalue weighted by Crippen LogP contribution is 2.28. The van der Waals surface area contributed by atoms with Crippen LogP contribution in [0, 0.1) is 0 Å². The molecule has 1 amide bonds. The minimum atomic E-state index is -0.0176. The molecule has 1 saturated heterocycles. The van der Waals surface area contributed by atoms with Gasteiger partial charge in [0.05, 0.1) is 17.6 Å². The summed E-state index contributed by atoms with van der Waals surface area (Å²) < 4.78 is 6.11. The lowest BCUT2D eigenvalue weighted by atomic mass is 10.1. The molecule has 1 aliphatic rings. The second-order valence-electron chi connectivity index (χ2n) is 5.11. The van der Waals surface area contributed by atoms with Gasteiger partial charge < -0.3 is 15.4 Å². The summed E-state index contributed by atoms with van der Waals surface area (Å²) in [4.78, 5) is 12.1. The predicted molar refractivity (Wildman–Crippen MR) is 91.0 cm³/mol. The summed E-state index contributed by atoms with van der Waals surface area (Å²) in [6, 6.07) is 6.14. The standard InChI is InChI=1S/C15H21BrN2O2S/c1-10(11-3-4-14(20-2)13(16)7-11)18-15(19)8-12-9-21-6-5-17-12/h3-4,7,10,12,17H,5-6,8-9H2,1-2H3,(H,18,19). The number of amides is 1. The SMILES string of the molecule is COc1ccc(C(C)NC(=O)CC2CSCCN2)cc1Br. The molecule has 2 unspecified atom stereocenters. The van der Waals surface area contributed by atoms with Crippen LogP contribution < -0.4 is 15.4 Å². The first-order valence-corrected chi connectivity index (χ1v) is 8.99. The summed E-state index contributed by atoms with van der Waals surface area (Å²) >= 11 is 5.37. The van der Waals surface area contributed by atoms with Crippen molar-refractivity contribution in [3.8, 4) is 5.75 Å². The van der Waals surface area contributed by atoms with Gasteiger partial charge in [0.25, 0.3) is 0 Å². The van der Waals surface area contributed by atoms with Gasteiger partial charge in [0.15, 0.2) is 0 Å². The number of hydrogen-bond acceptors (Lipinski definition) is 4. The van der Waals surface area contributed by atoms with Gasteiger partial charge in [-0.3, -0.25) is 4.79 Å². The summed E-state index contributed by atoms with van der Waals surface area (Å²) in [5, 5.41) is 6.44. The number of benzene rings is 1. The summed E-state index contributed by atoms with van der Waals surface area (Å²) in [7, 11) is 1.64. The van der Waals surface area contributed by atoms with Gasteiger partial charge in [-0.1, -0.05) is 6.07 Å². The van der Waals surface area contributed by atoms with E-state index in [9.17, 15) is 4.79 Å². The Labute approximate surface area is 138 Å². The maximum atomic E-state index is 12.1. The molecule has 0 aromatic heterocycles. The minimum Gasteiger partial charge on any atom is -0.496 e. The van der Waals surface area contributed by atoms with Gasteiger partial charge in [-0.25, -0.2) is 0 Å². The molecule has 1 fully saturated rings. The lowest BCUT2D eigenvalue weighted by Crippen LogP contribution is -2.41. The van der Waals surface area contributed by atoms with Crippen LogP contribution in [-0.2, 0) is 4.79 Å². The number of carbonyl (C=O) groups excluding carboxylic acids is 1. The second kappa shape index (κ2) is 8.06. The Morgan fingerprint density at radius 2 is 2.43 bits per heavy atom. The highest BCUT2D eigenvalue weighted by Gasteiger charge is 2.18. The first-order chi connectivity index (χ1) is 10.1. The fourth-order valence-electron chi connectivity index (χ4n) is 2.31. The zero-order chi connectivity index (χ0) is 15.2. The number of rotatable bonds is 5. The maximum absolute atomic E-state index is 12.1. The quantitative estimate of drug-likeness (QED) is 0.834. The number of halogens is 1. The fraction of sp³-hybridized carbons (Fsp3) is 0.533. The highest BCUT2D eigenvalue weighted by atomic mass is 79.9. The number of methoxy groups -OCH3 is 1. The molecule has 2 atom stereocenters. The van der Waals surface area contributed by atoms with E-state index in [0.29, 0.717) is 12.5 Å². The molecule has 116 valence electrons. The predicted octanol–water partition coefficient (Wildman–Crippen LogP) is 2.73. The Morgan fingerprint density at radius 3 is 3.05 bits per heavy atom. The average Bonchev–Trinajstić information content (AvgIpc) is 2.48. The van der Waals surface area contributed by atoms with E-state index >= 15 is 0 Å². The van der Waals surface area contributed by atoms with E-state index in [1.165, 1.54) is 0 Å². The van der Waals surface area contributed by atoms with E-state index in [2.05, 4.69) is 26.6 Å². The van der Waals surface area contributed by atoms with Crippen LogP contribution in [0.3, 0.4) is 0 Å². The Bertz CT molecular complexity index is 493. The molecule has 4 nitrogen and oxygen atoms in total. The monoisotopic (exact) mass is 372 g/mol. The highest BCUT2D eigenvalue weighted by molar-refractivity contribution is 9.10. The van der Waals surface area contributed by atoms with Crippen LogP contribution in [0.25, 0.3) is 0 Å². The van der Waals surface area contributed by atoms with Gasteiger partial charge in [-0.05, 0) is 40.5 Å². The van der Waals surface area contributed by atoms with Crippen molar-refractivity contribution in [2.75, 3.05) is 25.2 Å². The first kappa shape index (κ1) is 16.6. The average molecular weight is 373 g/mol. The third-order valence-corrected chi connectivity index (χ3v) is 5.23. The number of carbonyl (C=O) groups is 1. The van der Waals surface area contributed by atoms with Crippen LogP contribution in [0.2, 0.25) is 0 Å². The number of nitrogens with one attached hydrogen (secondary N) is 2. The summed E-state index contributed by atoms with van der Waals surface area (Å²) in [6.45, 7) is 2.98. The fourth-order valence-corrected chi connectivity index (χ4v) is 3.82. The third-order valence-electron chi connectivity index (χ3n) is 3.48. The smallest absolute Gasteiger partial charge is 0.222 e. The summed E-state index contributed by atoms with van der Waals surface area (Å²) in [6.07, 6.45) is 0.536. The lowest BCUT2D eigenvalue weighted by molar-refractivity contribution is -0.122. The van der Waals surface area contributed by atoms with E-state index in [1.807, 2.05) is 36.9 Å². The molecule has 6 heteroatoms. The molecule has 0 saturated carbocycles. The van der Waals surface area contributed by atoms with Crippen molar-refractivity contribution < 1.29 is 9.53 Å². The van der Waals surface area contributed by atoms with Crippen LogP contribution >= 0.6 is 27.7 Å². The van der Waals surface area contributed by atoms with Crippen molar-refractivity contribution in [1.29, 1.82) is 0 Å². The zero-order valence-electron chi connectivity index (χ0n) is 12.3. The summed E-state index contributed by atoms with van der Waals surface area (Å²) in [5.41, 5.74) is 1.06. The lowest BCUT2D eigenvalue weighted by Gasteiger charge is -2.23. The van der Waals surface area contributed by atoms with E-state index < -0.39 is 0 Å². The first-order valence-electron chi connectivity index (χ1n) is 7.04. The largest absolute Gasteiger partial charge is 0.496 e. The van der Waals surface area contributed by atoms with E-state index in [4.69, 9.17) is 4.74 Å². The topological polar surface area (TPSA) is 50.4 Å². The normalized spacial score (nSPS) is 19.9. The molecule has 2 N–H and O–H groups in total. The second-order valence-corrected chi connectivity index (χ2v) is 7.12. The molecule has 1 heterocycles. The molecule has 21 heavy (non-hydrogen) atoms. The van der Waals surface area contributed by atoms with Crippen molar-refractivity contribution in [2.24, 2.45) is 0 Å². The van der Waals surface area contributed by atoms with Crippen LogP contribution in [0.4, 0.5) is 0 Å². The molecule has 0 bridgehead atoms. The molecule has 0 spiro atoms. The van der Waals surface area contributed by atoms with Gasteiger partial charge in [0.1, 0.15) is 5.75 Å². The molecule has 0 radical (unpaired) electrons. The molecule has 1 aromatic carbocycles. The Hall–Kier alpha value is -0.720. The molecule has 2 rings (SSSR count). The Kier molecular flexibility index (Phi) is 6.39. The summed E-state index contributed by atoms with van der Waals surface area (Å²) in [5.74, 6) is 3.03. The maximum Gasteiger partial charge on any atom is 0.222 e. The van der Waals surface area contributed by atoms with Crippen LogP contribution in [-0.4, -0.2) is 37.1 Å². The van der Waals surface area contributed by atoms with Gasteiger partial charge in [0.2, 0.25) is 5.91 Å². The molecular weight excluding hydrogens is 352 g/mol. The van der Waals surface area contributed by atoms with Gasteiger partial charge in [-0.15, -0.1) is 0 Å². The molecule has 1 aromatic rings. The molecule has 0 aliphatic carbocycles. The van der Waals surface area contributed by atoms with Crippen molar-refractivity contribution in [3.05, 3.63) is 28.2 Å². The van der Waals surface area contributed by atoms with Crippen molar-refractivity contribution in [2.45, 2.75) is 25.4 Å². The number of ether oxygens (including phenoxy) is 1. The number of hydrogen-bond donors (Lipinski definition) is 2. The van der Waals surface area contributed by atoms with E-state index in [-0.39, 0.29) is 11.9 Å². The van der Waals surface area contributed by atoms with Gasteiger partial charge >= 0.3 is 0 Å². The molecular formula is C15H21BrN2O2S. The van der Waals surface area contributed by atoms with Crippen LogP contribution in [0.15, 0.2) is 22.7 Å². The van der Waals surface area contributed by atoms with E-state index in [0.717, 1.165) is 33.8 Å². The zero-order valence-corrected chi connectivity index (χ0v) is 14.7. The third kappa shape index (κ3) is 4.90. The van der Waals surface area contributed by atoms with Gasteiger partial charge in [0, 0.05) is 30.5 Å². The van der Waals surface area contributed by atoms with Crippen molar-refractivity contribution >= 4 is 33.6 Å². The van der Waals surface area contributed by atoms with Crippen molar-refractivity contribution in [3.63, 3.8) is 0 Å². The van der Waals surface area contributed by atoms with Gasteiger partial charge in [-0.2, -0.15) is 11.8 Å².